The van der Waals surface area contributed by atoms with Gasteiger partial charge < -0.3 is 14.8 Å². The van der Waals surface area contributed by atoms with E-state index in [1.165, 1.54) is 5.57 Å². The first kappa shape index (κ1) is 22.8. The van der Waals surface area contributed by atoms with Gasteiger partial charge in [0.2, 0.25) is 0 Å². The average Bonchev–Trinajstić information content (AvgIpc) is 3.05. The van der Waals surface area contributed by atoms with Crippen molar-refractivity contribution in [3.05, 3.63) is 47.1 Å². The lowest BCUT2D eigenvalue weighted by molar-refractivity contribution is 0.0916. The van der Waals surface area contributed by atoms with Gasteiger partial charge in [-0.15, -0.1) is 6.42 Å². The number of terminal acetylenes is 1. The number of hydrogen-bond donors (Lipinski definition) is 1. The summed E-state index contributed by atoms with van der Waals surface area (Å²) in [6.07, 6.45) is 14.9. The molecular weight excluding hydrogens is 362 g/mol. The third-order valence-electron chi connectivity index (χ3n) is 5.73. The zero-order chi connectivity index (χ0) is 21.2. The maximum atomic E-state index is 12.9. The molecule has 1 aromatic carbocycles. The lowest BCUT2D eigenvalue weighted by atomic mass is 9.88. The van der Waals surface area contributed by atoms with E-state index >= 15 is 0 Å². The van der Waals surface area contributed by atoms with Crippen LogP contribution in [0, 0.1) is 24.2 Å². The van der Waals surface area contributed by atoms with Crippen LogP contribution in [0.15, 0.2) is 35.9 Å². The summed E-state index contributed by atoms with van der Waals surface area (Å²) in [7, 11) is 3.23. The van der Waals surface area contributed by atoms with Gasteiger partial charge in [-0.2, -0.15) is 0 Å². The summed E-state index contributed by atoms with van der Waals surface area (Å²) in [6, 6.07) is 3.79. The molecule has 0 aromatic heterocycles. The number of benzene rings is 1. The summed E-state index contributed by atoms with van der Waals surface area (Å²) >= 11 is 0. The van der Waals surface area contributed by atoms with E-state index in [2.05, 4.69) is 24.2 Å². The van der Waals surface area contributed by atoms with Gasteiger partial charge in [0.25, 0.3) is 0 Å². The molecule has 4 heteroatoms. The van der Waals surface area contributed by atoms with Crippen molar-refractivity contribution >= 4 is 5.78 Å². The molecule has 0 bridgehead atoms. The molecule has 2 unspecified atom stereocenters. The molecule has 0 spiro atoms. The van der Waals surface area contributed by atoms with Gasteiger partial charge in [0.05, 0.1) is 14.2 Å². The highest BCUT2D eigenvalue weighted by molar-refractivity contribution is 6.02. The second kappa shape index (κ2) is 11.5. The molecule has 1 aliphatic rings. The SMILES string of the molecule is C#C/C=C\C(=C/C)CNCCC(CC)CC1Cc2cc(OC)c(OC)cc2C1=O. The highest BCUT2D eigenvalue weighted by atomic mass is 16.5. The van der Waals surface area contributed by atoms with Crippen LogP contribution in [-0.2, 0) is 6.42 Å². The van der Waals surface area contributed by atoms with Crippen molar-refractivity contribution in [1.82, 2.24) is 5.32 Å². The number of carbonyl (C=O) groups is 1. The summed E-state index contributed by atoms with van der Waals surface area (Å²) in [5, 5.41) is 3.49. The van der Waals surface area contributed by atoms with Crippen molar-refractivity contribution in [2.75, 3.05) is 27.3 Å². The first-order valence-corrected chi connectivity index (χ1v) is 10.4. The molecule has 29 heavy (non-hydrogen) atoms. The number of hydrogen-bond acceptors (Lipinski definition) is 4. The zero-order valence-corrected chi connectivity index (χ0v) is 18.1. The van der Waals surface area contributed by atoms with E-state index in [0.29, 0.717) is 17.4 Å². The van der Waals surface area contributed by atoms with Crippen LogP contribution in [0.1, 0.15) is 49.0 Å². The lowest BCUT2D eigenvalue weighted by Gasteiger charge is -2.18. The van der Waals surface area contributed by atoms with E-state index in [-0.39, 0.29) is 11.7 Å². The standard InChI is InChI=1S/C25H33NO3/c1-6-9-10-19(8-3)17-26-12-11-18(7-2)13-21-14-20-15-23(28-4)24(29-5)16-22(20)25(21)27/h1,8-10,15-16,18,21,26H,7,11-14,17H2,2-5H3/b10-9-,19-8+. The van der Waals surface area contributed by atoms with Crippen molar-refractivity contribution in [3.63, 3.8) is 0 Å². The van der Waals surface area contributed by atoms with Crippen LogP contribution in [-0.4, -0.2) is 33.1 Å². The Bertz CT molecular complexity index is 801. The lowest BCUT2D eigenvalue weighted by Crippen LogP contribution is -2.22. The minimum Gasteiger partial charge on any atom is -0.493 e. The molecule has 0 fully saturated rings. The van der Waals surface area contributed by atoms with Gasteiger partial charge in [-0.25, -0.2) is 0 Å². The Morgan fingerprint density at radius 1 is 1.34 bits per heavy atom. The summed E-state index contributed by atoms with van der Waals surface area (Å²) < 4.78 is 10.7. The fourth-order valence-corrected chi connectivity index (χ4v) is 3.93. The number of fused-ring (bicyclic) bond motifs is 1. The maximum Gasteiger partial charge on any atom is 0.166 e. The largest absolute Gasteiger partial charge is 0.493 e. The normalized spacial score (nSPS) is 17.3. The third-order valence-corrected chi connectivity index (χ3v) is 5.73. The number of methoxy groups -OCH3 is 2. The van der Waals surface area contributed by atoms with Crippen LogP contribution in [0.3, 0.4) is 0 Å². The van der Waals surface area contributed by atoms with Crippen LogP contribution < -0.4 is 14.8 Å². The predicted octanol–water partition coefficient (Wildman–Crippen LogP) is 4.59. The molecule has 1 aromatic rings. The third kappa shape index (κ3) is 5.98. The Morgan fingerprint density at radius 2 is 2.07 bits per heavy atom. The van der Waals surface area contributed by atoms with E-state index in [4.69, 9.17) is 15.9 Å². The monoisotopic (exact) mass is 395 g/mol. The first-order chi connectivity index (χ1) is 14.1. The van der Waals surface area contributed by atoms with Crippen molar-refractivity contribution in [3.8, 4) is 23.8 Å². The van der Waals surface area contributed by atoms with Crippen molar-refractivity contribution in [1.29, 1.82) is 0 Å². The number of ether oxygens (including phenoxy) is 2. The number of allylic oxidation sites excluding steroid dienone is 2. The summed E-state index contributed by atoms with van der Waals surface area (Å²) in [6.45, 7) is 5.95. The number of rotatable bonds is 11. The minimum absolute atomic E-state index is 0.0522. The molecule has 2 atom stereocenters. The molecule has 1 aliphatic carbocycles. The van der Waals surface area contributed by atoms with Crippen molar-refractivity contribution in [2.24, 2.45) is 11.8 Å². The molecule has 2 rings (SSSR count). The molecule has 0 radical (unpaired) electrons. The fourth-order valence-electron chi connectivity index (χ4n) is 3.93. The van der Waals surface area contributed by atoms with Crippen LogP contribution in [0.5, 0.6) is 11.5 Å². The van der Waals surface area contributed by atoms with Gasteiger partial charge in [-0.3, -0.25) is 4.79 Å². The van der Waals surface area contributed by atoms with E-state index < -0.39 is 0 Å². The molecule has 0 saturated heterocycles. The van der Waals surface area contributed by atoms with E-state index in [0.717, 1.165) is 49.9 Å². The summed E-state index contributed by atoms with van der Waals surface area (Å²) in [4.78, 5) is 12.9. The van der Waals surface area contributed by atoms with Crippen LogP contribution in [0.2, 0.25) is 0 Å². The average molecular weight is 396 g/mol. The maximum absolute atomic E-state index is 12.9. The molecule has 0 saturated carbocycles. The highest BCUT2D eigenvalue weighted by Crippen LogP contribution is 2.39. The Kier molecular flexibility index (Phi) is 9.02. The van der Waals surface area contributed by atoms with E-state index in [9.17, 15) is 4.79 Å². The molecule has 0 heterocycles. The summed E-state index contributed by atoms with van der Waals surface area (Å²) in [5.74, 6) is 4.64. The molecule has 0 amide bonds. The fraction of sp³-hybridized carbons (Fsp3) is 0.480. The molecule has 4 nitrogen and oxygen atoms in total. The van der Waals surface area contributed by atoms with Crippen molar-refractivity contribution < 1.29 is 14.3 Å². The second-order valence-corrected chi connectivity index (χ2v) is 7.47. The second-order valence-electron chi connectivity index (χ2n) is 7.47. The summed E-state index contributed by atoms with van der Waals surface area (Å²) in [5.41, 5.74) is 3.04. The topological polar surface area (TPSA) is 47.6 Å². The Morgan fingerprint density at radius 3 is 2.69 bits per heavy atom. The van der Waals surface area contributed by atoms with Gasteiger partial charge >= 0.3 is 0 Å². The molecule has 156 valence electrons. The number of nitrogens with one attached hydrogen (secondary N) is 1. The van der Waals surface area contributed by atoms with Crippen LogP contribution in [0.25, 0.3) is 0 Å². The number of ketones is 1. The zero-order valence-electron chi connectivity index (χ0n) is 18.1. The predicted molar refractivity (Wildman–Crippen MR) is 119 cm³/mol. The number of carbonyl (C=O) groups excluding carboxylic acids is 1. The smallest absolute Gasteiger partial charge is 0.166 e. The van der Waals surface area contributed by atoms with Crippen LogP contribution in [0.4, 0.5) is 0 Å². The Hall–Kier alpha value is -2.51. The molecule has 0 aliphatic heterocycles. The van der Waals surface area contributed by atoms with Gasteiger partial charge in [0.1, 0.15) is 0 Å². The minimum atomic E-state index is 0.0522. The van der Waals surface area contributed by atoms with Gasteiger partial charge in [0.15, 0.2) is 17.3 Å². The Balaban J connectivity index is 1.90. The van der Waals surface area contributed by atoms with Crippen molar-refractivity contribution in [2.45, 2.75) is 39.5 Å². The Labute approximate surface area is 175 Å². The van der Waals surface area contributed by atoms with Gasteiger partial charge in [-0.05, 0) is 74.1 Å². The van der Waals surface area contributed by atoms with Gasteiger partial charge in [-0.1, -0.05) is 25.3 Å². The first-order valence-electron chi connectivity index (χ1n) is 10.4. The quantitative estimate of drug-likeness (QED) is 0.338. The molecule has 1 N–H and O–H groups in total. The van der Waals surface area contributed by atoms with Gasteiger partial charge in [0, 0.05) is 18.0 Å². The highest BCUT2D eigenvalue weighted by Gasteiger charge is 2.33. The van der Waals surface area contributed by atoms with E-state index in [1.807, 2.05) is 25.1 Å². The number of Topliss-reactive ketones (excluding diaryl/α,β-unsaturated/α-hetero) is 1. The van der Waals surface area contributed by atoms with Crippen LogP contribution >= 0.6 is 0 Å². The molecular formula is C25H33NO3. The van der Waals surface area contributed by atoms with E-state index in [1.54, 1.807) is 20.3 Å².